The molecule has 0 unspecified atom stereocenters. The van der Waals surface area contributed by atoms with Crippen LogP contribution in [0.25, 0.3) is 6.08 Å². The van der Waals surface area contributed by atoms with Crippen molar-refractivity contribution in [1.29, 1.82) is 5.26 Å². The van der Waals surface area contributed by atoms with Crippen molar-refractivity contribution in [2.24, 2.45) is 5.73 Å². The number of carbonyl (C=O) groups is 2. The van der Waals surface area contributed by atoms with Gasteiger partial charge in [-0.15, -0.1) is 11.3 Å². The van der Waals surface area contributed by atoms with Gasteiger partial charge in [0.15, 0.2) is 0 Å². The van der Waals surface area contributed by atoms with E-state index in [0.29, 0.717) is 22.1 Å². The number of primary amides is 1. The highest BCUT2D eigenvalue weighted by molar-refractivity contribution is 7.17. The maximum absolute atomic E-state index is 12.5. The predicted molar refractivity (Wildman–Crippen MR) is 95.1 cm³/mol. The van der Waals surface area contributed by atoms with Crippen LogP contribution < -0.4 is 11.1 Å². The van der Waals surface area contributed by atoms with Gasteiger partial charge in [0, 0.05) is 11.0 Å². The molecule has 0 spiro atoms. The monoisotopic (exact) mass is 355 g/mol. The van der Waals surface area contributed by atoms with Gasteiger partial charge in [-0.05, 0) is 50.3 Å². The number of hydrogen-bond acceptors (Lipinski definition) is 5. The molecule has 2 aromatic heterocycles. The van der Waals surface area contributed by atoms with Crippen LogP contribution in [0.1, 0.15) is 45.2 Å². The Kier molecular flexibility index (Phi) is 4.72. The average molecular weight is 355 g/mol. The smallest absolute Gasteiger partial charge is 0.267 e. The van der Waals surface area contributed by atoms with Crippen molar-refractivity contribution >= 4 is 34.2 Å². The average Bonchev–Trinajstić information content (AvgIpc) is 3.15. The highest BCUT2D eigenvalue weighted by Gasteiger charge is 2.25. The van der Waals surface area contributed by atoms with Crippen molar-refractivity contribution in [1.82, 2.24) is 0 Å². The van der Waals surface area contributed by atoms with E-state index in [2.05, 4.69) is 5.32 Å². The Morgan fingerprint density at radius 3 is 2.76 bits per heavy atom. The van der Waals surface area contributed by atoms with Gasteiger partial charge >= 0.3 is 0 Å². The number of anilines is 1. The van der Waals surface area contributed by atoms with Crippen molar-refractivity contribution in [2.75, 3.05) is 5.32 Å². The third-order valence-corrected chi connectivity index (χ3v) is 5.26. The molecule has 0 bridgehead atoms. The zero-order valence-electron chi connectivity index (χ0n) is 13.7. The molecule has 25 heavy (non-hydrogen) atoms. The highest BCUT2D eigenvalue weighted by atomic mass is 32.1. The molecule has 2 amide bonds. The number of nitrogens with two attached hydrogens (primary N) is 1. The van der Waals surface area contributed by atoms with Gasteiger partial charge in [0.1, 0.15) is 28.2 Å². The molecule has 0 atom stereocenters. The summed E-state index contributed by atoms with van der Waals surface area (Å²) < 4.78 is 5.37. The largest absolute Gasteiger partial charge is 0.462 e. The lowest BCUT2D eigenvalue weighted by atomic mass is 9.95. The Hall–Kier alpha value is -2.85. The number of nitrogens with zero attached hydrogens (tertiary/aromatic N) is 1. The van der Waals surface area contributed by atoms with E-state index in [1.807, 2.05) is 6.07 Å². The number of hydrogen-bond donors (Lipinski definition) is 2. The predicted octanol–water partition coefficient (Wildman–Crippen LogP) is 3.17. The normalized spacial score (nSPS) is 13.8. The summed E-state index contributed by atoms with van der Waals surface area (Å²) >= 11 is 1.36. The topological polar surface area (TPSA) is 109 Å². The molecule has 0 aliphatic heterocycles. The number of nitrogens with one attached hydrogen (secondary N) is 1. The van der Waals surface area contributed by atoms with E-state index in [1.54, 1.807) is 19.1 Å². The molecule has 1 aliphatic rings. The SMILES string of the molecule is Cc1ccc(C=C(C#N)C(=O)Nc2sc3c(c2C(N)=O)CCCC3)o1. The van der Waals surface area contributed by atoms with Gasteiger partial charge in [-0.25, -0.2) is 0 Å². The Morgan fingerprint density at radius 1 is 1.36 bits per heavy atom. The van der Waals surface area contributed by atoms with Crippen LogP contribution in [0.4, 0.5) is 5.00 Å². The van der Waals surface area contributed by atoms with Crippen molar-refractivity contribution < 1.29 is 14.0 Å². The fourth-order valence-corrected chi connectivity index (χ4v) is 4.20. The molecule has 7 heteroatoms. The van der Waals surface area contributed by atoms with Gasteiger partial charge in [-0.3, -0.25) is 9.59 Å². The molecular weight excluding hydrogens is 338 g/mol. The lowest BCUT2D eigenvalue weighted by Crippen LogP contribution is -2.19. The molecule has 0 radical (unpaired) electrons. The van der Waals surface area contributed by atoms with Crippen LogP contribution in [0.5, 0.6) is 0 Å². The van der Waals surface area contributed by atoms with Crippen molar-refractivity contribution in [2.45, 2.75) is 32.6 Å². The third-order valence-electron chi connectivity index (χ3n) is 4.06. The summed E-state index contributed by atoms with van der Waals surface area (Å²) in [5.74, 6) is -0.0350. The quantitative estimate of drug-likeness (QED) is 0.648. The summed E-state index contributed by atoms with van der Waals surface area (Å²) in [7, 11) is 0. The van der Waals surface area contributed by atoms with Crippen LogP contribution in [-0.4, -0.2) is 11.8 Å². The molecule has 3 rings (SSSR count). The first-order valence-electron chi connectivity index (χ1n) is 7.93. The van der Waals surface area contributed by atoms with E-state index in [0.717, 1.165) is 36.1 Å². The van der Waals surface area contributed by atoms with Crippen LogP contribution in [0.2, 0.25) is 0 Å². The van der Waals surface area contributed by atoms with E-state index in [1.165, 1.54) is 17.4 Å². The first kappa shape index (κ1) is 17.0. The van der Waals surface area contributed by atoms with Crippen LogP contribution >= 0.6 is 11.3 Å². The van der Waals surface area contributed by atoms with Crippen LogP contribution in [-0.2, 0) is 17.6 Å². The molecule has 0 saturated heterocycles. The second kappa shape index (κ2) is 6.95. The van der Waals surface area contributed by atoms with E-state index in [9.17, 15) is 14.9 Å². The summed E-state index contributed by atoms with van der Waals surface area (Å²) in [4.78, 5) is 25.4. The van der Waals surface area contributed by atoms with Gasteiger partial charge in [0.2, 0.25) is 0 Å². The highest BCUT2D eigenvalue weighted by Crippen LogP contribution is 2.38. The summed E-state index contributed by atoms with van der Waals surface area (Å²) in [6.45, 7) is 1.78. The van der Waals surface area contributed by atoms with E-state index in [-0.39, 0.29) is 5.57 Å². The van der Waals surface area contributed by atoms with Gasteiger partial charge in [0.25, 0.3) is 11.8 Å². The molecule has 1 aliphatic carbocycles. The fraction of sp³-hybridized carbons (Fsp3) is 0.278. The Labute approximate surface area is 148 Å². The van der Waals surface area contributed by atoms with Gasteiger partial charge in [-0.2, -0.15) is 5.26 Å². The number of nitriles is 1. The molecule has 128 valence electrons. The minimum absolute atomic E-state index is 0.101. The molecule has 0 fully saturated rings. The van der Waals surface area contributed by atoms with Crippen LogP contribution in [0, 0.1) is 18.3 Å². The van der Waals surface area contributed by atoms with E-state index < -0.39 is 11.8 Å². The molecule has 0 saturated carbocycles. The Bertz CT molecular complexity index is 915. The molecule has 3 N–H and O–H groups in total. The van der Waals surface area contributed by atoms with E-state index >= 15 is 0 Å². The van der Waals surface area contributed by atoms with Crippen molar-refractivity contribution in [3.05, 3.63) is 45.2 Å². The number of amides is 2. The maximum atomic E-state index is 12.5. The first-order chi connectivity index (χ1) is 12.0. The summed E-state index contributed by atoms with van der Waals surface area (Å²) in [5.41, 5.74) is 6.72. The zero-order chi connectivity index (χ0) is 18.0. The fourth-order valence-electron chi connectivity index (χ4n) is 2.91. The third kappa shape index (κ3) is 3.49. The lowest BCUT2D eigenvalue weighted by Gasteiger charge is -2.11. The number of furan rings is 1. The Morgan fingerprint density at radius 2 is 2.12 bits per heavy atom. The Balaban J connectivity index is 1.90. The minimum Gasteiger partial charge on any atom is -0.462 e. The van der Waals surface area contributed by atoms with Crippen molar-refractivity contribution in [3.63, 3.8) is 0 Å². The second-order valence-corrected chi connectivity index (χ2v) is 6.96. The molecular formula is C18H17N3O3S. The van der Waals surface area contributed by atoms with Crippen molar-refractivity contribution in [3.8, 4) is 6.07 Å². The van der Waals surface area contributed by atoms with Crippen LogP contribution in [0.3, 0.4) is 0 Å². The molecule has 2 heterocycles. The lowest BCUT2D eigenvalue weighted by molar-refractivity contribution is -0.112. The number of fused-ring (bicyclic) bond motifs is 1. The molecule has 0 aromatic carbocycles. The zero-order valence-corrected chi connectivity index (χ0v) is 14.5. The second-order valence-electron chi connectivity index (χ2n) is 5.85. The summed E-state index contributed by atoms with van der Waals surface area (Å²) in [6, 6.07) is 5.29. The summed E-state index contributed by atoms with van der Waals surface area (Å²) in [6.07, 6.45) is 5.09. The minimum atomic E-state index is -0.586. The number of aryl methyl sites for hydroxylation is 2. The first-order valence-corrected chi connectivity index (χ1v) is 8.75. The molecule has 6 nitrogen and oxygen atoms in total. The number of carbonyl (C=O) groups excluding carboxylic acids is 2. The van der Waals surface area contributed by atoms with Crippen LogP contribution in [0.15, 0.2) is 22.1 Å². The molecule has 2 aromatic rings. The number of thiophene rings is 1. The standard InChI is InChI=1S/C18H17N3O3S/c1-10-6-7-12(24-10)8-11(9-19)17(23)21-18-15(16(20)22)13-4-2-3-5-14(13)25-18/h6-8H,2-5H2,1H3,(H2,20,22)(H,21,23). The van der Waals surface area contributed by atoms with Gasteiger partial charge in [-0.1, -0.05) is 0 Å². The number of rotatable bonds is 4. The summed E-state index contributed by atoms with van der Waals surface area (Å²) in [5, 5.41) is 12.4. The van der Waals surface area contributed by atoms with Gasteiger partial charge < -0.3 is 15.5 Å². The van der Waals surface area contributed by atoms with Gasteiger partial charge in [0.05, 0.1) is 5.56 Å². The van der Waals surface area contributed by atoms with E-state index in [4.69, 9.17) is 10.2 Å². The maximum Gasteiger partial charge on any atom is 0.267 e.